The van der Waals surface area contributed by atoms with Crippen LogP contribution in [0, 0.1) is 13.8 Å². The van der Waals surface area contributed by atoms with Gasteiger partial charge in [0.25, 0.3) is 0 Å². The molecular weight excluding hydrogens is 623 g/mol. The van der Waals surface area contributed by atoms with Crippen molar-refractivity contribution in [3.63, 3.8) is 0 Å². The predicted molar refractivity (Wildman–Crippen MR) is 191 cm³/mol. The fraction of sp³-hybridized carbons (Fsp3) is 0.469. The lowest BCUT2D eigenvalue weighted by atomic mass is 9.59. The zero-order valence-corrected chi connectivity index (χ0v) is 28.1. The molecule has 0 aliphatic rings. The number of rotatable bonds is 19. The molecule has 2 rings (SSSR count). The average molecular weight is 669 g/mol. The smallest absolute Gasteiger partial charge is 0.243 e. The molecule has 4 amide bonds. The SMILES string of the molecule is [B]C([B])(N)CCC[C@]([B])(NC(=O)[C@H](Cc1c(C)cc(O)cc1C)NC(=O)[C@H](N)CCCN=C(N)N)C(=O)N[C@@H](Cc1ccccc1)C(N)=O. The van der Waals surface area contributed by atoms with Crippen LogP contribution in [0.3, 0.4) is 0 Å². The lowest BCUT2D eigenvalue weighted by molar-refractivity contribution is -0.135. The Morgan fingerprint density at radius 2 is 1.49 bits per heavy atom. The Bertz CT molecular complexity index is 1460. The molecule has 0 saturated heterocycles. The van der Waals surface area contributed by atoms with Crippen molar-refractivity contribution in [1.82, 2.24) is 16.0 Å². The largest absolute Gasteiger partial charge is 0.508 e. The molecule has 49 heavy (non-hydrogen) atoms. The van der Waals surface area contributed by atoms with Crippen LogP contribution in [0.25, 0.3) is 0 Å². The molecule has 0 saturated carbocycles. The number of carbonyl (C=O) groups excluding carboxylic acids is 4. The van der Waals surface area contributed by atoms with Crippen LogP contribution in [0.2, 0.25) is 0 Å². The van der Waals surface area contributed by atoms with Gasteiger partial charge in [-0.1, -0.05) is 48.5 Å². The van der Waals surface area contributed by atoms with E-state index < -0.39 is 52.5 Å². The van der Waals surface area contributed by atoms with Gasteiger partial charge in [0.15, 0.2) is 5.96 Å². The Balaban J connectivity index is 2.42. The zero-order chi connectivity index (χ0) is 36.9. The molecule has 258 valence electrons. The summed E-state index contributed by atoms with van der Waals surface area (Å²) in [7, 11) is 18.1. The summed E-state index contributed by atoms with van der Waals surface area (Å²) in [4.78, 5) is 57.3. The molecule has 2 aromatic rings. The van der Waals surface area contributed by atoms with Crippen molar-refractivity contribution in [3.8, 4) is 5.75 Å². The van der Waals surface area contributed by atoms with E-state index in [1.807, 2.05) is 0 Å². The molecule has 14 nitrogen and oxygen atoms in total. The fourth-order valence-electron chi connectivity index (χ4n) is 5.21. The maximum Gasteiger partial charge on any atom is 0.243 e. The quantitative estimate of drug-likeness (QED) is 0.0338. The molecule has 0 spiro atoms. The number of phenols is 1. The monoisotopic (exact) mass is 669 g/mol. The van der Waals surface area contributed by atoms with Gasteiger partial charge < -0.3 is 49.7 Å². The standard InChI is InChI=1S/C32H46B3N9O5/c1-18-14-21(45)15-19(2)22(18)17-25(42-27(47)23(36)10-6-13-41-30(38)39)28(48)44-31(33,11-7-12-32(34,35)40)29(49)43-24(26(37)46)16-20-8-4-3-5-9-20/h3-5,8-9,14-15,23-25,45H,6-7,10-13,16-17,36,40H2,1-2H3,(H2,37,46)(H,42,47)(H,43,49)(H,44,48)(H4,38,39,41)/t23-,24+,25+,31+/m1/s1. The Labute approximate surface area is 291 Å². The average Bonchev–Trinajstić information content (AvgIpc) is 2.99. The van der Waals surface area contributed by atoms with Gasteiger partial charge in [0.1, 0.15) is 25.7 Å². The summed E-state index contributed by atoms with van der Waals surface area (Å²) in [5.74, 6) is -3.30. The summed E-state index contributed by atoms with van der Waals surface area (Å²) in [6.07, 6.45) is 0.483. The van der Waals surface area contributed by atoms with Gasteiger partial charge in [-0.3, -0.25) is 24.2 Å². The Hall–Kier alpha value is -4.50. The minimum absolute atomic E-state index is 0.0130. The number of phenolic OH excluding ortho intramolecular Hbond substituents is 1. The number of benzene rings is 2. The number of nitrogens with zero attached hydrogens (tertiary/aromatic N) is 1. The summed E-state index contributed by atoms with van der Waals surface area (Å²) >= 11 is 0. The number of aliphatic imine (C=N–C) groups is 1. The summed E-state index contributed by atoms with van der Waals surface area (Å²) in [6, 6.07) is 8.39. The van der Waals surface area contributed by atoms with Crippen LogP contribution in [0.5, 0.6) is 5.75 Å². The molecule has 0 aliphatic heterocycles. The van der Waals surface area contributed by atoms with Crippen molar-refractivity contribution < 1.29 is 24.3 Å². The first kappa shape index (κ1) is 40.7. The number of amides is 4. The van der Waals surface area contributed by atoms with Gasteiger partial charge in [-0.2, -0.15) is 0 Å². The van der Waals surface area contributed by atoms with E-state index >= 15 is 0 Å². The molecule has 0 unspecified atom stereocenters. The van der Waals surface area contributed by atoms with Gasteiger partial charge >= 0.3 is 0 Å². The predicted octanol–water partition coefficient (Wildman–Crippen LogP) is -2.27. The van der Waals surface area contributed by atoms with Crippen LogP contribution in [0.4, 0.5) is 0 Å². The van der Waals surface area contributed by atoms with Crippen molar-refractivity contribution in [1.29, 1.82) is 0 Å². The molecule has 0 bridgehead atoms. The molecule has 0 fully saturated rings. The van der Waals surface area contributed by atoms with Crippen LogP contribution in [0.1, 0.15) is 54.4 Å². The Morgan fingerprint density at radius 3 is 2.04 bits per heavy atom. The second-order valence-electron chi connectivity index (χ2n) is 12.4. The maximum atomic E-state index is 14.0. The van der Waals surface area contributed by atoms with Gasteiger partial charge in [0, 0.05) is 19.4 Å². The molecule has 2 aromatic carbocycles. The van der Waals surface area contributed by atoms with E-state index in [1.165, 1.54) is 12.1 Å². The summed E-state index contributed by atoms with van der Waals surface area (Å²) in [6.45, 7) is 3.73. The number of hydrogen-bond donors (Lipinski definition) is 9. The van der Waals surface area contributed by atoms with E-state index in [4.69, 9.17) is 52.2 Å². The minimum atomic E-state index is -2.14. The van der Waals surface area contributed by atoms with Crippen molar-refractivity contribution in [2.45, 2.75) is 87.7 Å². The lowest BCUT2D eigenvalue weighted by Gasteiger charge is -2.34. The number of aromatic hydroxyl groups is 1. The molecule has 4 atom stereocenters. The van der Waals surface area contributed by atoms with Crippen molar-refractivity contribution in [2.75, 3.05) is 6.54 Å². The highest BCUT2D eigenvalue weighted by Gasteiger charge is 2.38. The Kier molecular flexibility index (Phi) is 15.2. The first-order chi connectivity index (χ1) is 22.8. The third kappa shape index (κ3) is 13.9. The van der Waals surface area contributed by atoms with Gasteiger partial charge in [0.2, 0.25) is 23.6 Å². The van der Waals surface area contributed by atoms with Crippen LogP contribution in [-0.4, -0.2) is 93.7 Å². The van der Waals surface area contributed by atoms with Crippen molar-refractivity contribution in [3.05, 3.63) is 64.7 Å². The second-order valence-corrected chi connectivity index (χ2v) is 12.4. The van der Waals surface area contributed by atoms with E-state index in [2.05, 4.69) is 20.9 Å². The number of aryl methyl sites for hydroxylation is 2. The molecule has 6 radical (unpaired) electrons. The van der Waals surface area contributed by atoms with Crippen molar-refractivity contribution >= 4 is 53.1 Å². The van der Waals surface area contributed by atoms with Gasteiger partial charge in [0.05, 0.1) is 27.2 Å². The summed E-state index contributed by atoms with van der Waals surface area (Å²) in [5.41, 5.74) is 28.7. The molecule has 14 N–H and O–H groups in total. The van der Waals surface area contributed by atoms with Crippen LogP contribution in [0.15, 0.2) is 47.5 Å². The molecule has 0 aromatic heterocycles. The van der Waals surface area contributed by atoms with Crippen molar-refractivity contribution in [2.24, 2.45) is 33.7 Å². The van der Waals surface area contributed by atoms with Gasteiger partial charge in [-0.05, 0) is 67.5 Å². The van der Waals surface area contributed by atoms with E-state index in [1.54, 1.807) is 44.2 Å². The topological polar surface area (TPSA) is 267 Å². The highest BCUT2D eigenvalue weighted by molar-refractivity contribution is 6.39. The zero-order valence-electron chi connectivity index (χ0n) is 28.1. The normalized spacial score (nSPS) is 14.4. The summed E-state index contributed by atoms with van der Waals surface area (Å²) < 4.78 is 0. The third-order valence-electron chi connectivity index (χ3n) is 7.89. The van der Waals surface area contributed by atoms with Crippen LogP contribution < -0.4 is 44.6 Å². The van der Waals surface area contributed by atoms with Gasteiger partial charge in [-0.25, -0.2) is 0 Å². The van der Waals surface area contributed by atoms with E-state index in [-0.39, 0.29) is 56.8 Å². The van der Waals surface area contributed by atoms with E-state index in [9.17, 15) is 24.3 Å². The van der Waals surface area contributed by atoms with Crippen LogP contribution >= 0.6 is 0 Å². The number of guanidine groups is 1. The number of primary amides is 1. The second kappa shape index (κ2) is 18.3. The fourth-order valence-corrected chi connectivity index (χ4v) is 5.21. The molecule has 0 heterocycles. The lowest BCUT2D eigenvalue weighted by Crippen LogP contribution is -2.65. The highest BCUT2D eigenvalue weighted by Crippen LogP contribution is 2.23. The molecule has 0 aliphatic carbocycles. The van der Waals surface area contributed by atoms with E-state index in [0.717, 1.165) is 5.56 Å². The number of carbonyl (C=O) groups is 4. The maximum absolute atomic E-state index is 14.0. The number of nitrogens with two attached hydrogens (primary N) is 5. The molecular formula is C32H46B3N9O5. The van der Waals surface area contributed by atoms with E-state index in [0.29, 0.717) is 23.1 Å². The van der Waals surface area contributed by atoms with Gasteiger partial charge in [-0.15, -0.1) is 0 Å². The third-order valence-corrected chi connectivity index (χ3v) is 7.89. The first-order valence-electron chi connectivity index (χ1n) is 15.8. The Morgan fingerprint density at radius 1 is 0.878 bits per heavy atom. The number of nitrogens with one attached hydrogen (secondary N) is 3. The number of hydrogen-bond acceptors (Lipinski definition) is 8. The highest BCUT2D eigenvalue weighted by atomic mass is 16.3. The van der Waals surface area contributed by atoms with Crippen LogP contribution in [-0.2, 0) is 32.0 Å². The first-order valence-corrected chi connectivity index (χ1v) is 15.8. The summed E-state index contributed by atoms with van der Waals surface area (Å²) in [5, 5.41) is 16.3. The molecule has 17 heteroatoms. The minimum Gasteiger partial charge on any atom is -0.508 e.